The summed E-state index contributed by atoms with van der Waals surface area (Å²) < 4.78 is 0. The van der Waals surface area contributed by atoms with E-state index in [1.165, 1.54) is 55.5 Å². The van der Waals surface area contributed by atoms with Crippen molar-refractivity contribution in [2.45, 2.75) is 236 Å². The van der Waals surface area contributed by atoms with Crippen molar-refractivity contribution in [3.63, 3.8) is 0 Å². The molecule has 0 bridgehead atoms. The Balaban J connectivity index is 1.09. The van der Waals surface area contributed by atoms with E-state index in [-0.39, 0.29) is 113 Å². The summed E-state index contributed by atoms with van der Waals surface area (Å²) in [6.07, 6.45) is -1.44. The predicted octanol–water partition coefficient (Wildman–Crippen LogP) is -0.839. The van der Waals surface area contributed by atoms with Crippen LogP contribution >= 0.6 is 0 Å². The summed E-state index contributed by atoms with van der Waals surface area (Å²) in [5.41, 5.74) is 15.0. The van der Waals surface area contributed by atoms with Crippen LogP contribution in [0.3, 0.4) is 0 Å². The second-order valence-electron chi connectivity index (χ2n) is 33.1. The molecule has 3 heterocycles. The summed E-state index contributed by atoms with van der Waals surface area (Å²) in [5, 5.41) is 103. The largest absolute Gasteiger partial charge is 0.508 e. The molecule has 1 saturated heterocycles. The lowest BCUT2D eigenvalue weighted by Crippen LogP contribution is -2.62. The molecular formula is C87H119N17O23. The second kappa shape index (κ2) is 48.4. The molecule has 690 valence electrons. The SMILES string of the molecule is CC(C)C[C@H](NC(=O)[C@H](Cc1c[nH]c2ccccc12)NC(=O)[C@H](CC(C)C)NC(=O)[C@H](CCCCN)NC(=O)[C@@H](NC(=O)[C@H](CC(C)C)NC(=O)[C@@H]1CCCN1C(=O)[C@H](CC(=O)O)NC(=O)[C@H](Cc1ccc(O)cc1)NC(=O)[C@H](Cc1c[nH]c2ccccc12)NC(=O)[C@H](Cc1ccc(O)cc1)NC(=O)[C@H](C)N)[C@@H](C)O)C(=O)N[C@@H](CO)C(=O)N[C@@H](CC(=O)O)C(=O)O. The van der Waals surface area contributed by atoms with E-state index in [1.54, 1.807) is 102 Å². The minimum Gasteiger partial charge on any atom is -0.508 e. The molecule has 1 aliphatic heterocycles. The number of nitrogens with zero attached hydrogens (tertiary/aromatic N) is 1. The molecule has 40 nitrogen and oxygen atoms in total. The van der Waals surface area contributed by atoms with Gasteiger partial charge in [0.2, 0.25) is 76.8 Å². The lowest BCUT2D eigenvalue weighted by molar-refractivity contribution is -0.147. The number of aromatic hydroxyl groups is 2. The molecular weight excluding hydrogens is 1650 g/mol. The molecule has 1 aliphatic rings. The first-order valence-electron chi connectivity index (χ1n) is 42.2. The van der Waals surface area contributed by atoms with Gasteiger partial charge in [-0.1, -0.05) is 102 Å². The Kier molecular flexibility index (Phi) is 38.5. The number of para-hydroxylation sites is 2. The van der Waals surface area contributed by atoms with Gasteiger partial charge in [0.05, 0.1) is 31.6 Å². The van der Waals surface area contributed by atoms with Gasteiger partial charge in [0.1, 0.15) is 90.0 Å². The molecule has 127 heavy (non-hydrogen) atoms. The summed E-state index contributed by atoms with van der Waals surface area (Å²) in [4.78, 5) is 232. The normalized spacial score (nSPS) is 15.9. The van der Waals surface area contributed by atoms with Gasteiger partial charge in [-0.15, -0.1) is 0 Å². The van der Waals surface area contributed by atoms with Crippen LogP contribution in [0.4, 0.5) is 0 Å². The number of H-pyrrole nitrogens is 2. The van der Waals surface area contributed by atoms with E-state index in [9.17, 15) is 108 Å². The average Bonchev–Trinajstić information content (AvgIpc) is 1.72. The van der Waals surface area contributed by atoms with Gasteiger partial charge in [0.15, 0.2) is 0 Å². The van der Waals surface area contributed by atoms with Crippen LogP contribution < -0.4 is 75.3 Å². The molecule has 25 N–H and O–H groups in total. The number of aromatic nitrogens is 2. The smallest absolute Gasteiger partial charge is 0.326 e. The topological polar surface area (TPSA) is 646 Å². The van der Waals surface area contributed by atoms with Crippen molar-refractivity contribution < 1.29 is 112 Å². The number of phenolic OH excluding ortho intramolecular Hbond substituents is 2. The molecule has 15 atom stereocenters. The fourth-order valence-corrected chi connectivity index (χ4v) is 14.6. The molecule has 0 radical (unpaired) electrons. The zero-order valence-corrected chi connectivity index (χ0v) is 72.1. The number of unbranched alkanes of at least 4 members (excludes halogenated alkanes) is 1. The van der Waals surface area contributed by atoms with Crippen molar-refractivity contribution in [3.8, 4) is 11.5 Å². The number of aromatic amines is 2. The number of phenols is 2. The first-order chi connectivity index (χ1) is 60.1. The van der Waals surface area contributed by atoms with Crippen LogP contribution in [0.2, 0.25) is 0 Å². The summed E-state index contributed by atoms with van der Waals surface area (Å²) >= 11 is 0. The van der Waals surface area contributed by atoms with Crippen molar-refractivity contribution in [1.29, 1.82) is 0 Å². The van der Waals surface area contributed by atoms with Crippen molar-refractivity contribution in [1.82, 2.24) is 78.7 Å². The highest BCUT2D eigenvalue weighted by atomic mass is 16.4. The number of carbonyl (C=O) groups excluding carboxylic acids is 13. The van der Waals surface area contributed by atoms with Crippen LogP contribution in [-0.2, 0) is 102 Å². The molecule has 6 aromatic rings. The molecule has 7 rings (SSSR count). The van der Waals surface area contributed by atoms with Gasteiger partial charge >= 0.3 is 17.9 Å². The Hall–Kier alpha value is -13.1. The maximum atomic E-state index is 15.1. The van der Waals surface area contributed by atoms with Gasteiger partial charge in [-0.3, -0.25) is 71.9 Å². The average molecular weight is 1770 g/mol. The molecule has 4 aromatic carbocycles. The zero-order valence-electron chi connectivity index (χ0n) is 72.1. The fraction of sp³-hybridized carbons (Fsp3) is 0.494. The van der Waals surface area contributed by atoms with Crippen LogP contribution in [0.1, 0.15) is 142 Å². The third-order valence-electron chi connectivity index (χ3n) is 21.2. The molecule has 1 fully saturated rings. The monoisotopic (exact) mass is 1770 g/mol. The van der Waals surface area contributed by atoms with Crippen molar-refractivity contribution in [3.05, 3.63) is 132 Å². The first kappa shape index (κ1) is 101. The van der Waals surface area contributed by atoms with E-state index in [2.05, 4.69) is 68.5 Å². The van der Waals surface area contributed by atoms with Gasteiger partial charge in [0, 0.05) is 66.4 Å². The van der Waals surface area contributed by atoms with Crippen LogP contribution in [0, 0.1) is 17.8 Å². The van der Waals surface area contributed by atoms with Crippen LogP contribution in [0.15, 0.2) is 109 Å². The number of fused-ring (bicyclic) bond motifs is 2. The summed E-state index contributed by atoms with van der Waals surface area (Å²) in [7, 11) is 0. The molecule has 0 unspecified atom stereocenters. The number of amides is 13. The number of aliphatic carboxylic acids is 3. The highest BCUT2D eigenvalue weighted by molar-refractivity contribution is 6.02. The Morgan fingerprint density at radius 2 is 0.787 bits per heavy atom. The Morgan fingerprint density at radius 1 is 0.425 bits per heavy atom. The molecule has 0 spiro atoms. The summed E-state index contributed by atoms with van der Waals surface area (Å²) in [5.74, 6) is -19.1. The molecule has 0 saturated carbocycles. The molecule has 13 amide bonds. The van der Waals surface area contributed by atoms with E-state index in [0.717, 1.165) is 11.8 Å². The van der Waals surface area contributed by atoms with Gasteiger partial charge in [0.25, 0.3) is 0 Å². The summed E-state index contributed by atoms with van der Waals surface area (Å²) in [6.45, 7) is 11.7. The van der Waals surface area contributed by atoms with E-state index in [0.29, 0.717) is 50.5 Å². The third kappa shape index (κ3) is 30.9. The number of benzene rings is 4. The number of carbonyl (C=O) groups is 16. The van der Waals surface area contributed by atoms with Crippen molar-refractivity contribution in [2.75, 3.05) is 19.7 Å². The number of carboxylic acid groups (broad SMARTS) is 3. The third-order valence-corrected chi connectivity index (χ3v) is 21.2. The molecule has 2 aromatic heterocycles. The predicted molar refractivity (Wildman–Crippen MR) is 461 cm³/mol. The second-order valence-corrected chi connectivity index (χ2v) is 33.1. The number of hydrogen-bond acceptors (Lipinski definition) is 22. The Labute approximate surface area is 732 Å². The number of nitrogens with one attached hydrogen (secondary N) is 14. The fourth-order valence-electron chi connectivity index (χ4n) is 14.6. The van der Waals surface area contributed by atoms with Gasteiger partial charge in [-0.2, -0.15) is 0 Å². The van der Waals surface area contributed by atoms with Gasteiger partial charge < -0.3 is 126 Å². The number of likely N-dealkylation sites (tertiary alicyclic amines) is 1. The number of aliphatic hydroxyl groups is 2. The standard InChI is InChI=1S/C87H119N17O23/c1-44(2)32-60(76(115)97-65(37-51-41-90-57-18-11-9-16-55(51)57)80(119)95-61(33-45(3)4)77(116)102-69(43-105)83(122)101-68(87(126)127)40-72(111)112)94-75(114)59(20-13-14-30-88)92-85(124)73(48(8)106)103-82(121)62(34-46(5)6)99-84(123)70-21-15-31-104(70)86(125)67(39-71(109)110)100-79(118)64(36-50-24-28-54(108)29-25-50)96-81(120)66(38-52-42-91-58-19-12-10-17-56(52)58)98-78(117)63(93-74(113)47(7)89)35-49-22-26-53(107)27-23-49/h9-12,16-19,22-29,41-42,44-48,59-70,73,90-91,105-108H,13-15,20-21,30-40,43,88-89H2,1-8H3,(H,92,124)(H,93,113)(H,94,114)(H,95,119)(H,96,120)(H,97,115)(H,98,117)(H,99,123)(H,100,118)(H,101,122)(H,102,116)(H,103,121)(H,109,110)(H,111,112)(H,126,127)/t47-,48+,59-,60-,61-,62-,63-,64-,65-,66-,67-,68-,69-,70-,73-/m0/s1. The van der Waals surface area contributed by atoms with Crippen LogP contribution in [0.25, 0.3) is 21.8 Å². The van der Waals surface area contributed by atoms with Gasteiger partial charge in [-0.25, -0.2) is 4.79 Å². The van der Waals surface area contributed by atoms with E-state index >= 15 is 4.79 Å². The lowest BCUT2D eigenvalue weighted by Gasteiger charge is -2.31. The number of aliphatic hydroxyl groups excluding tert-OH is 2. The van der Waals surface area contributed by atoms with Crippen LogP contribution in [-0.4, -0.2) is 256 Å². The van der Waals surface area contributed by atoms with E-state index in [4.69, 9.17) is 11.5 Å². The minimum absolute atomic E-state index is 0.0553. The quantitative estimate of drug-likeness (QED) is 0.0207. The maximum Gasteiger partial charge on any atom is 0.326 e. The highest BCUT2D eigenvalue weighted by Gasteiger charge is 2.43. The number of rotatable bonds is 50. The lowest BCUT2D eigenvalue weighted by atomic mass is 9.99. The number of nitrogens with two attached hydrogens (primary N) is 2. The molecule has 40 heteroatoms. The van der Waals surface area contributed by atoms with E-state index in [1.807, 2.05) is 5.32 Å². The Bertz CT molecular complexity index is 4840. The van der Waals surface area contributed by atoms with Crippen molar-refractivity contribution in [2.24, 2.45) is 29.2 Å². The zero-order chi connectivity index (χ0) is 93.6. The van der Waals surface area contributed by atoms with Gasteiger partial charge in [-0.05, 0) is 148 Å². The Morgan fingerprint density at radius 3 is 1.20 bits per heavy atom. The summed E-state index contributed by atoms with van der Waals surface area (Å²) in [6, 6.07) is 3.09. The minimum atomic E-state index is -1.95. The highest BCUT2D eigenvalue weighted by Crippen LogP contribution is 2.25. The number of hydrogen-bond donors (Lipinski definition) is 23. The molecule has 0 aliphatic carbocycles. The first-order valence-corrected chi connectivity index (χ1v) is 42.2. The van der Waals surface area contributed by atoms with Crippen LogP contribution in [0.5, 0.6) is 11.5 Å². The van der Waals surface area contributed by atoms with Crippen molar-refractivity contribution >= 4 is 117 Å². The number of carboxylic acids is 3. The maximum absolute atomic E-state index is 15.1. The van der Waals surface area contributed by atoms with E-state index < -0.39 is 205 Å².